The molecule has 0 spiro atoms. The van der Waals surface area contributed by atoms with Crippen LogP contribution in [0.2, 0.25) is 0 Å². The van der Waals surface area contributed by atoms with Gasteiger partial charge in [-0.3, -0.25) is 4.84 Å². The number of hydroxylamine groups is 2. The molecular formula is C19H24N2O. The van der Waals surface area contributed by atoms with Crippen LogP contribution in [0.3, 0.4) is 0 Å². The summed E-state index contributed by atoms with van der Waals surface area (Å²) in [7, 11) is 0. The first-order valence-electron chi connectivity index (χ1n) is 8.44. The quantitative estimate of drug-likeness (QED) is 0.835. The van der Waals surface area contributed by atoms with E-state index in [-0.39, 0.29) is 6.04 Å². The summed E-state index contributed by atoms with van der Waals surface area (Å²) in [6.45, 7) is 5.60. The van der Waals surface area contributed by atoms with Gasteiger partial charge in [0.2, 0.25) is 0 Å². The summed E-state index contributed by atoms with van der Waals surface area (Å²) in [6, 6.07) is 15.8. The highest BCUT2D eigenvalue weighted by atomic mass is 16.7. The zero-order valence-corrected chi connectivity index (χ0v) is 13.4. The standard InChI is InChI=1S/C19H24N2O/c1-3-8-18-16-13-20-12-7-11-17(20)19(16)21(22-18)14(2)15-9-5-4-6-10-15/h4-7,9-12,14,16,18-19H,3,8,13H2,1-2H3/t14-,16+,18-,19-/m1/s1. The second-order valence-electron chi connectivity index (χ2n) is 6.57. The molecule has 116 valence electrons. The molecule has 4 atom stereocenters. The van der Waals surface area contributed by atoms with Crippen molar-refractivity contribution in [3.05, 3.63) is 59.9 Å². The minimum atomic E-state index is 0.275. The molecule has 2 aromatic rings. The van der Waals surface area contributed by atoms with Crippen LogP contribution in [-0.4, -0.2) is 15.7 Å². The Labute approximate surface area is 132 Å². The van der Waals surface area contributed by atoms with Gasteiger partial charge in [-0.1, -0.05) is 43.7 Å². The summed E-state index contributed by atoms with van der Waals surface area (Å²) in [4.78, 5) is 6.43. The van der Waals surface area contributed by atoms with E-state index < -0.39 is 0 Å². The Bertz CT molecular complexity index is 636. The second kappa shape index (κ2) is 5.56. The first-order valence-corrected chi connectivity index (χ1v) is 8.44. The number of hydrogen-bond acceptors (Lipinski definition) is 2. The fourth-order valence-corrected chi connectivity index (χ4v) is 4.11. The highest BCUT2D eigenvalue weighted by Crippen LogP contribution is 2.49. The molecule has 0 unspecified atom stereocenters. The van der Waals surface area contributed by atoms with E-state index in [4.69, 9.17) is 4.84 Å². The van der Waals surface area contributed by atoms with Crippen molar-refractivity contribution in [2.24, 2.45) is 5.92 Å². The number of aromatic nitrogens is 1. The van der Waals surface area contributed by atoms with Gasteiger partial charge in [0.25, 0.3) is 0 Å². The molecule has 1 fully saturated rings. The molecule has 2 aliphatic rings. The summed E-state index contributed by atoms with van der Waals surface area (Å²) >= 11 is 0. The molecular weight excluding hydrogens is 272 g/mol. The average Bonchev–Trinajstić information content (AvgIpc) is 3.20. The maximum absolute atomic E-state index is 6.43. The molecule has 1 saturated heterocycles. The van der Waals surface area contributed by atoms with Crippen molar-refractivity contribution < 1.29 is 4.84 Å². The summed E-state index contributed by atoms with van der Waals surface area (Å²) in [5.41, 5.74) is 2.73. The van der Waals surface area contributed by atoms with E-state index in [1.807, 2.05) is 0 Å². The van der Waals surface area contributed by atoms with Gasteiger partial charge in [-0.05, 0) is 31.0 Å². The lowest BCUT2D eigenvalue weighted by atomic mass is 9.92. The highest BCUT2D eigenvalue weighted by Gasteiger charge is 2.50. The number of rotatable bonds is 4. The van der Waals surface area contributed by atoms with Crippen LogP contribution < -0.4 is 0 Å². The Kier molecular flexibility index (Phi) is 3.55. The van der Waals surface area contributed by atoms with E-state index in [9.17, 15) is 0 Å². The smallest absolute Gasteiger partial charge is 0.0858 e. The van der Waals surface area contributed by atoms with Gasteiger partial charge in [0.15, 0.2) is 0 Å². The van der Waals surface area contributed by atoms with Crippen molar-refractivity contribution in [3.63, 3.8) is 0 Å². The summed E-state index contributed by atoms with van der Waals surface area (Å²) < 4.78 is 2.41. The highest BCUT2D eigenvalue weighted by molar-refractivity contribution is 5.23. The topological polar surface area (TPSA) is 17.4 Å². The van der Waals surface area contributed by atoms with E-state index >= 15 is 0 Å². The van der Waals surface area contributed by atoms with Gasteiger partial charge in [0, 0.05) is 24.4 Å². The molecule has 0 aliphatic carbocycles. The van der Waals surface area contributed by atoms with Crippen LogP contribution in [0.15, 0.2) is 48.7 Å². The van der Waals surface area contributed by atoms with Crippen LogP contribution in [0, 0.1) is 5.92 Å². The van der Waals surface area contributed by atoms with Crippen molar-refractivity contribution in [3.8, 4) is 0 Å². The van der Waals surface area contributed by atoms with E-state index in [1.54, 1.807) is 0 Å². The minimum Gasteiger partial charge on any atom is -0.349 e. The SMILES string of the molecule is CCC[C@H]1ON([C@H](C)c2ccccc2)[C@H]2c3cccn3C[C@@H]12. The molecule has 22 heavy (non-hydrogen) atoms. The molecule has 2 aliphatic heterocycles. The van der Waals surface area contributed by atoms with Gasteiger partial charge in [-0.2, -0.15) is 5.06 Å². The number of nitrogens with zero attached hydrogens (tertiary/aromatic N) is 2. The number of fused-ring (bicyclic) bond motifs is 3. The fraction of sp³-hybridized carbons (Fsp3) is 0.474. The lowest BCUT2D eigenvalue weighted by molar-refractivity contribution is -0.191. The summed E-state index contributed by atoms with van der Waals surface area (Å²) in [5, 5.41) is 2.26. The van der Waals surface area contributed by atoms with Gasteiger partial charge < -0.3 is 4.57 Å². The maximum Gasteiger partial charge on any atom is 0.0858 e. The predicted octanol–water partition coefficient (Wildman–Crippen LogP) is 4.34. The van der Waals surface area contributed by atoms with Crippen molar-refractivity contribution in [2.75, 3.05) is 0 Å². The lowest BCUT2D eigenvalue weighted by Crippen LogP contribution is -2.26. The maximum atomic E-state index is 6.43. The van der Waals surface area contributed by atoms with Gasteiger partial charge in [0.1, 0.15) is 0 Å². The van der Waals surface area contributed by atoms with E-state index in [2.05, 4.69) is 72.1 Å². The molecule has 4 rings (SSSR count). The molecule has 1 aromatic carbocycles. The molecule has 0 saturated carbocycles. The monoisotopic (exact) mass is 296 g/mol. The van der Waals surface area contributed by atoms with Crippen LogP contribution >= 0.6 is 0 Å². The van der Waals surface area contributed by atoms with Crippen LogP contribution in [0.4, 0.5) is 0 Å². The molecule has 0 bridgehead atoms. The van der Waals surface area contributed by atoms with Crippen LogP contribution in [0.5, 0.6) is 0 Å². The van der Waals surface area contributed by atoms with Crippen molar-refractivity contribution in [1.82, 2.24) is 9.63 Å². The average molecular weight is 296 g/mol. The van der Waals surface area contributed by atoms with Crippen LogP contribution in [-0.2, 0) is 11.4 Å². The predicted molar refractivity (Wildman–Crippen MR) is 87.1 cm³/mol. The van der Waals surface area contributed by atoms with E-state index in [1.165, 1.54) is 17.7 Å². The number of benzene rings is 1. The first-order chi connectivity index (χ1) is 10.8. The Balaban J connectivity index is 1.67. The van der Waals surface area contributed by atoms with Gasteiger partial charge in [-0.25, -0.2) is 0 Å². The van der Waals surface area contributed by atoms with Crippen molar-refractivity contribution in [1.29, 1.82) is 0 Å². The lowest BCUT2D eigenvalue weighted by Gasteiger charge is -2.28. The van der Waals surface area contributed by atoms with Crippen LogP contribution in [0.1, 0.15) is 50.0 Å². The molecule has 3 heterocycles. The number of hydrogen-bond donors (Lipinski definition) is 0. The third-order valence-electron chi connectivity index (χ3n) is 5.23. The molecule has 1 aromatic heterocycles. The van der Waals surface area contributed by atoms with Gasteiger partial charge in [0.05, 0.1) is 18.2 Å². The summed E-state index contributed by atoms with van der Waals surface area (Å²) in [5.74, 6) is 0.585. The van der Waals surface area contributed by atoms with Crippen LogP contribution in [0.25, 0.3) is 0 Å². The zero-order chi connectivity index (χ0) is 15.1. The molecule has 0 amide bonds. The van der Waals surface area contributed by atoms with Gasteiger partial charge >= 0.3 is 0 Å². The molecule has 3 nitrogen and oxygen atoms in total. The zero-order valence-electron chi connectivity index (χ0n) is 13.4. The second-order valence-corrected chi connectivity index (χ2v) is 6.57. The summed E-state index contributed by atoms with van der Waals surface area (Å²) in [6.07, 6.45) is 4.88. The molecule has 0 N–H and O–H groups in total. The Morgan fingerprint density at radius 1 is 1.18 bits per heavy atom. The Morgan fingerprint density at radius 2 is 2.00 bits per heavy atom. The Hall–Kier alpha value is -1.58. The third-order valence-corrected chi connectivity index (χ3v) is 5.23. The first kappa shape index (κ1) is 14.0. The fourth-order valence-electron chi connectivity index (χ4n) is 4.11. The Morgan fingerprint density at radius 3 is 2.77 bits per heavy atom. The minimum absolute atomic E-state index is 0.275. The normalized spacial score (nSPS) is 28.5. The van der Waals surface area contributed by atoms with E-state index in [0.717, 1.165) is 13.0 Å². The largest absolute Gasteiger partial charge is 0.349 e. The molecule has 0 radical (unpaired) electrons. The molecule has 3 heteroatoms. The third kappa shape index (κ3) is 2.11. The van der Waals surface area contributed by atoms with Gasteiger partial charge in [-0.15, -0.1) is 0 Å². The van der Waals surface area contributed by atoms with E-state index in [0.29, 0.717) is 18.1 Å². The van der Waals surface area contributed by atoms with Crippen molar-refractivity contribution in [2.45, 2.75) is 51.4 Å². The van der Waals surface area contributed by atoms with Crippen molar-refractivity contribution >= 4 is 0 Å².